The van der Waals surface area contributed by atoms with Crippen molar-refractivity contribution in [2.24, 2.45) is 0 Å². The second-order valence-corrected chi connectivity index (χ2v) is 4.54. The molecule has 1 aliphatic carbocycles. The van der Waals surface area contributed by atoms with Gasteiger partial charge in [0.25, 0.3) is 0 Å². The predicted molar refractivity (Wildman–Crippen MR) is 65.9 cm³/mol. The molecule has 0 bridgehead atoms. The van der Waals surface area contributed by atoms with Gasteiger partial charge in [-0.3, -0.25) is 0 Å². The first kappa shape index (κ1) is 15.1. The Kier molecular flexibility index (Phi) is 6.93. The Bertz CT molecular complexity index is 286. The molecule has 0 aromatic rings. The van der Waals surface area contributed by atoms with Crippen molar-refractivity contribution in [3.05, 3.63) is 11.1 Å². The van der Waals surface area contributed by atoms with Gasteiger partial charge in [-0.2, -0.15) is 0 Å². The molecule has 0 aromatic carbocycles. The average molecular weight is 258 g/mol. The van der Waals surface area contributed by atoms with E-state index in [2.05, 4.69) is 0 Å². The summed E-state index contributed by atoms with van der Waals surface area (Å²) in [6, 6.07) is 0. The van der Waals surface area contributed by atoms with E-state index in [4.69, 9.17) is 20.1 Å². The second-order valence-electron chi connectivity index (χ2n) is 4.54. The number of rotatable bonds is 6. The third-order valence-corrected chi connectivity index (χ3v) is 3.24. The van der Waals surface area contributed by atoms with Crippen molar-refractivity contribution in [3.8, 4) is 0 Å². The van der Waals surface area contributed by atoms with Crippen LogP contribution in [-0.4, -0.2) is 47.2 Å². The first-order valence-electron chi connectivity index (χ1n) is 6.47. The van der Waals surface area contributed by atoms with E-state index >= 15 is 0 Å². The van der Waals surface area contributed by atoms with Crippen LogP contribution in [0.1, 0.15) is 38.5 Å². The lowest BCUT2D eigenvalue weighted by molar-refractivity contribution is -0.146. The molecule has 1 aliphatic rings. The summed E-state index contributed by atoms with van der Waals surface area (Å²) < 4.78 is 5.36. The first-order chi connectivity index (χ1) is 8.72. The van der Waals surface area contributed by atoms with E-state index in [9.17, 15) is 4.79 Å². The highest BCUT2D eigenvalue weighted by atomic mass is 16.5. The van der Waals surface area contributed by atoms with Gasteiger partial charge >= 0.3 is 5.97 Å². The maximum Gasteiger partial charge on any atom is 0.334 e. The Morgan fingerprint density at radius 3 is 2.17 bits per heavy atom. The Labute approximate surface area is 107 Å². The summed E-state index contributed by atoms with van der Waals surface area (Å²) in [7, 11) is 0. The maximum atomic E-state index is 11.9. The van der Waals surface area contributed by atoms with Gasteiger partial charge in [0.1, 0.15) is 6.10 Å². The molecular weight excluding hydrogens is 236 g/mol. The second kappa shape index (κ2) is 8.24. The largest absolute Gasteiger partial charge is 0.459 e. The molecule has 0 aliphatic heterocycles. The average Bonchev–Trinajstić information content (AvgIpc) is 2.40. The topological polar surface area (TPSA) is 87.0 Å². The Morgan fingerprint density at radius 2 is 1.67 bits per heavy atom. The van der Waals surface area contributed by atoms with Crippen molar-refractivity contribution >= 4 is 5.97 Å². The van der Waals surface area contributed by atoms with Crippen molar-refractivity contribution < 1.29 is 24.9 Å². The number of aliphatic hydroxyl groups excluding tert-OH is 3. The third kappa shape index (κ3) is 4.40. The summed E-state index contributed by atoms with van der Waals surface area (Å²) in [5, 5.41) is 27.1. The molecule has 0 aromatic heterocycles. The lowest BCUT2D eigenvalue weighted by Crippen LogP contribution is -2.23. The molecular formula is C13H22O5. The molecule has 104 valence electrons. The number of ether oxygens (including phenoxy) is 1. The summed E-state index contributed by atoms with van der Waals surface area (Å²) >= 11 is 0. The minimum atomic E-state index is -0.519. The molecule has 18 heavy (non-hydrogen) atoms. The van der Waals surface area contributed by atoms with Crippen LogP contribution in [0.3, 0.4) is 0 Å². The highest BCUT2D eigenvalue weighted by molar-refractivity contribution is 5.89. The summed E-state index contributed by atoms with van der Waals surface area (Å²) in [4.78, 5) is 11.9. The van der Waals surface area contributed by atoms with Gasteiger partial charge in [0.2, 0.25) is 0 Å². The van der Waals surface area contributed by atoms with E-state index in [0.29, 0.717) is 0 Å². The van der Waals surface area contributed by atoms with Gasteiger partial charge in [-0.15, -0.1) is 0 Å². The molecule has 5 nitrogen and oxygen atoms in total. The molecule has 1 fully saturated rings. The monoisotopic (exact) mass is 258 g/mol. The lowest BCUT2D eigenvalue weighted by atomic mass is 9.97. The van der Waals surface area contributed by atoms with E-state index < -0.39 is 19.2 Å². The molecule has 1 rings (SSSR count). The van der Waals surface area contributed by atoms with Crippen LogP contribution in [0.4, 0.5) is 0 Å². The van der Waals surface area contributed by atoms with E-state index in [1.54, 1.807) is 0 Å². The molecule has 0 atom stereocenters. The summed E-state index contributed by atoms with van der Waals surface area (Å²) in [6.07, 6.45) is 5.05. The standard InChI is InChI=1S/C13H22O5/c14-7-6-12(10(8-15)9-16)13(17)18-11-4-2-1-3-5-11/h11,14-16H,1-9H2. The zero-order chi connectivity index (χ0) is 13.4. The van der Waals surface area contributed by atoms with Gasteiger partial charge in [-0.05, 0) is 31.3 Å². The fourth-order valence-corrected chi connectivity index (χ4v) is 2.18. The zero-order valence-electron chi connectivity index (χ0n) is 10.6. The maximum absolute atomic E-state index is 11.9. The Balaban J connectivity index is 2.66. The van der Waals surface area contributed by atoms with Crippen molar-refractivity contribution in [3.63, 3.8) is 0 Å². The van der Waals surface area contributed by atoms with Crippen LogP contribution in [0.5, 0.6) is 0 Å². The lowest BCUT2D eigenvalue weighted by Gasteiger charge is -2.23. The van der Waals surface area contributed by atoms with Crippen LogP contribution < -0.4 is 0 Å². The molecule has 0 unspecified atom stereocenters. The van der Waals surface area contributed by atoms with E-state index in [-0.39, 0.29) is 30.3 Å². The van der Waals surface area contributed by atoms with Crippen LogP contribution >= 0.6 is 0 Å². The van der Waals surface area contributed by atoms with E-state index in [1.807, 2.05) is 0 Å². The zero-order valence-corrected chi connectivity index (χ0v) is 10.6. The van der Waals surface area contributed by atoms with Gasteiger partial charge in [0.15, 0.2) is 0 Å². The Morgan fingerprint density at radius 1 is 1.06 bits per heavy atom. The van der Waals surface area contributed by atoms with Crippen LogP contribution in [0.15, 0.2) is 11.1 Å². The van der Waals surface area contributed by atoms with Gasteiger partial charge in [0, 0.05) is 18.6 Å². The highest BCUT2D eigenvalue weighted by Gasteiger charge is 2.22. The highest BCUT2D eigenvalue weighted by Crippen LogP contribution is 2.22. The predicted octanol–water partition coefficient (Wildman–Crippen LogP) is 0.526. The molecule has 0 amide bonds. The first-order valence-corrected chi connectivity index (χ1v) is 6.47. The summed E-state index contributed by atoms with van der Waals surface area (Å²) in [5.41, 5.74) is 0.429. The quantitative estimate of drug-likeness (QED) is 0.478. The van der Waals surface area contributed by atoms with Gasteiger partial charge in [-0.1, -0.05) is 6.42 Å². The van der Waals surface area contributed by atoms with Crippen molar-refractivity contribution in [2.45, 2.75) is 44.6 Å². The van der Waals surface area contributed by atoms with Crippen LogP contribution in [-0.2, 0) is 9.53 Å². The fourth-order valence-electron chi connectivity index (χ4n) is 2.18. The van der Waals surface area contributed by atoms with Gasteiger partial charge in [-0.25, -0.2) is 4.79 Å². The fraction of sp³-hybridized carbons (Fsp3) is 0.769. The molecule has 3 N–H and O–H groups in total. The molecule has 1 saturated carbocycles. The number of esters is 1. The molecule has 0 spiro atoms. The van der Waals surface area contributed by atoms with Crippen LogP contribution in [0, 0.1) is 0 Å². The molecule has 5 heteroatoms. The SMILES string of the molecule is O=C(OC1CCCCC1)C(CCO)=C(CO)CO. The van der Waals surface area contributed by atoms with Crippen LogP contribution in [0.25, 0.3) is 0 Å². The van der Waals surface area contributed by atoms with Crippen LogP contribution in [0.2, 0.25) is 0 Å². The number of hydrogen-bond acceptors (Lipinski definition) is 5. The number of carbonyl (C=O) groups is 1. The minimum absolute atomic E-state index is 0.0708. The Hall–Kier alpha value is -0.910. The smallest absolute Gasteiger partial charge is 0.334 e. The number of hydrogen-bond donors (Lipinski definition) is 3. The minimum Gasteiger partial charge on any atom is -0.459 e. The van der Waals surface area contributed by atoms with Crippen molar-refractivity contribution in [1.82, 2.24) is 0 Å². The molecule has 0 saturated heterocycles. The van der Waals surface area contributed by atoms with E-state index in [1.165, 1.54) is 6.42 Å². The van der Waals surface area contributed by atoms with Gasteiger partial charge < -0.3 is 20.1 Å². The van der Waals surface area contributed by atoms with Crippen molar-refractivity contribution in [2.75, 3.05) is 19.8 Å². The normalized spacial score (nSPS) is 16.4. The van der Waals surface area contributed by atoms with Crippen molar-refractivity contribution in [1.29, 1.82) is 0 Å². The number of aliphatic hydroxyl groups is 3. The van der Waals surface area contributed by atoms with E-state index in [0.717, 1.165) is 25.7 Å². The molecule has 0 heterocycles. The summed E-state index contributed by atoms with van der Waals surface area (Å²) in [5.74, 6) is -0.519. The third-order valence-electron chi connectivity index (χ3n) is 3.24. The molecule has 0 radical (unpaired) electrons. The van der Waals surface area contributed by atoms with Gasteiger partial charge in [0.05, 0.1) is 13.2 Å². The number of carbonyl (C=O) groups excluding carboxylic acids is 1. The summed E-state index contributed by atoms with van der Waals surface area (Å²) in [6.45, 7) is -1.00.